The monoisotopic (exact) mass is 340 g/mol. The summed E-state index contributed by atoms with van der Waals surface area (Å²) in [6.45, 7) is 0. The number of carbonyl (C=O) groups excluding carboxylic acids is 2. The van der Waals surface area contributed by atoms with Crippen molar-refractivity contribution in [2.45, 2.75) is 0 Å². The molecule has 3 aromatic heterocycles. The highest BCUT2D eigenvalue weighted by molar-refractivity contribution is 6.06. The molecule has 3 heterocycles. The zero-order valence-electron chi connectivity index (χ0n) is 14.3. The van der Waals surface area contributed by atoms with Crippen molar-refractivity contribution in [3.63, 3.8) is 0 Å². The van der Waals surface area contributed by atoms with Crippen LogP contribution in [-0.2, 0) is 21.1 Å². The van der Waals surface area contributed by atoms with E-state index in [0.29, 0.717) is 28.5 Å². The van der Waals surface area contributed by atoms with Gasteiger partial charge in [0.25, 0.3) is 11.8 Å². The average Bonchev–Trinajstić information content (AvgIpc) is 3.19. The molecule has 8 nitrogen and oxygen atoms in total. The molecule has 0 aromatic carbocycles. The molecule has 0 aliphatic carbocycles. The molecule has 0 spiro atoms. The van der Waals surface area contributed by atoms with Crippen LogP contribution in [0, 0.1) is 0 Å². The molecule has 25 heavy (non-hydrogen) atoms. The van der Waals surface area contributed by atoms with E-state index in [4.69, 9.17) is 5.73 Å². The van der Waals surface area contributed by atoms with E-state index in [1.165, 1.54) is 0 Å². The predicted molar refractivity (Wildman–Crippen MR) is 96.6 cm³/mol. The molecule has 3 aromatic rings. The molecule has 0 radical (unpaired) electrons. The number of aromatic nitrogens is 3. The first kappa shape index (κ1) is 16.4. The summed E-state index contributed by atoms with van der Waals surface area (Å²) in [6, 6.07) is 5.03. The quantitative estimate of drug-likeness (QED) is 0.675. The third-order valence-corrected chi connectivity index (χ3v) is 3.84. The summed E-state index contributed by atoms with van der Waals surface area (Å²) in [4.78, 5) is 24.7. The normalized spacial score (nSPS) is 10.7. The second-order valence-electron chi connectivity index (χ2n) is 5.97. The number of anilines is 3. The minimum absolute atomic E-state index is 0.252. The molecule has 130 valence electrons. The summed E-state index contributed by atoms with van der Waals surface area (Å²) in [7, 11) is 5.37. The second kappa shape index (κ2) is 6.23. The van der Waals surface area contributed by atoms with Gasteiger partial charge in [0.2, 0.25) is 0 Å². The Morgan fingerprint density at radius 2 is 1.48 bits per heavy atom. The standard InChI is InChI=1S/C17H20N6O2/c1-21-5-4-12(9-21)19-17(25)15-7-13(10-23(15)3)20-16(24)14-6-11(18)8-22(14)2/h4-10H,18H2,1-3H3,(H,19,25)(H,20,24). The maximum Gasteiger partial charge on any atom is 0.272 e. The highest BCUT2D eigenvalue weighted by Crippen LogP contribution is 2.17. The van der Waals surface area contributed by atoms with Gasteiger partial charge in [0.05, 0.1) is 17.1 Å². The summed E-state index contributed by atoms with van der Waals surface area (Å²) in [6.07, 6.45) is 7.00. The van der Waals surface area contributed by atoms with Crippen LogP contribution in [-0.4, -0.2) is 25.5 Å². The van der Waals surface area contributed by atoms with Crippen LogP contribution >= 0.6 is 0 Å². The van der Waals surface area contributed by atoms with Gasteiger partial charge in [0.15, 0.2) is 0 Å². The van der Waals surface area contributed by atoms with Gasteiger partial charge in [-0.25, -0.2) is 0 Å². The van der Waals surface area contributed by atoms with E-state index in [2.05, 4.69) is 10.6 Å². The van der Waals surface area contributed by atoms with Gasteiger partial charge < -0.3 is 30.1 Å². The fourth-order valence-corrected chi connectivity index (χ4v) is 2.64. The predicted octanol–water partition coefficient (Wildman–Crippen LogP) is 1.79. The lowest BCUT2D eigenvalue weighted by molar-refractivity contribution is 0.101. The van der Waals surface area contributed by atoms with Crippen molar-refractivity contribution < 1.29 is 9.59 Å². The van der Waals surface area contributed by atoms with E-state index in [-0.39, 0.29) is 11.8 Å². The molecule has 0 unspecified atom stereocenters. The van der Waals surface area contributed by atoms with Crippen molar-refractivity contribution in [2.24, 2.45) is 21.1 Å². The average molecular weight is 340 g/mol. The lowest BCUT2D eigenvalue weighted by Gasteiger charge is -2.03. The Hall–Kier alpha value is -3.42. The van der Waals surface area contributed by atoms with E-state index in [0.717, 1.165) is 0 Å². The number of amides is 2. The number of hydrogen-bond acceptors (Lipinski definition) is 3. The van der Waals surface area contributed by atoms with Gasteiger partial charge in [-0.1, -0.05) is 0 Å². The van der Waals surface area contributed by atoms with Crippen LogP contribution in [0.4, 0.5) is 17.1 Å². The molecule has 3 rings (SSSR count). The molecule has 0 saturated carbocycles. The largest absolute Gasteiger partial charge is 0.397 e. The van der Waals surface area contributed by atoms with Crippen LogP contribution in [0.1, 0.15) is 21.0 Å². The Balaban J connectivity index is 1.74. The highest BCUT2D eigenvalue weighted by Gasteiger charge is 2.16. The van der Waals surface area contributed by atoms with Crippen molar-refractivity contribution in [1.82, 2.24) is 13.7 Å². The lowest BCUT2D eigenvalue weighted by Crippen LogP contribution is -2.15. The summed E-state index contributed by atoms with van der Waals surface area (Å²) in [5.41, 5.74) is 8.33. The summed E-state index contributed by atoms with van der Waals surface area (Å²) in [5, 5.41) is 5.59. The van der Waals surface area contributed by atoms with E-state index >= 15 is 0 Å². The Bertz CT molecular complexity index is 946. The molecule has 0 bridgehead atoms. The maximum atomic E-state index is 12.4. The van der Waals surface area contributed by atoms with Crippen LogP contribution in [0.3, 0.4) is 0 Å². The molecule has 4 N–H and O–H groups in total. The van der Waals surface area contributed by atoms with Crippen molar-refractivity contribution in [3.8, 4) is 0 Å². The van der Waals surface area contributed by atoms with Crippen LogP contribution < -0.4 is 16.4 Å². The van der Waals surface area contributed by atoms with Crippen LogP contribution in [0.2, 0.25) is 0 Å². The number of aryl methyl sites for hydroxylation is 3. The second-order valence-corrected chi connectivity index (χ2v) is 5.97. The molecule has 0 atom stereocenters. The number of nitrogen functional groups attached to an aromatic ring is 1. The summed E-state index contributed by atoms with van der Waals surface area (Å²) in [5.74, 6) is -0.544. The number of nitrogens with two attached hydrogens (primary N) is 1. The molecule has 0 saturated heterocycles. The number of rotatable bonds is 4. The number of carbonyl (C=O) groups is 2. The zero-order valence-corrected chi connectivity index (χ0v) is 14.3. The first-order valence-electron chi connectivity index (χ1n) is 7.66. The van der Waals surface area contributed by atoms with Crippen molar-refractivity contribution in [2.75, 3.05) is 16.4 Å². The molecule has 2 amide bonds. The lowest BCUT2D eigenvalue weighted by atomic mass is 10.3. The minimum atomic E-state index is -0.292. The Labute approximate surface area is 144 Å². The van der Waals surface area contributed by atoms with Gasteiger partial charge in [-0.05, 0) is 18.2 Å². The Morgan fingerprint density at radius 3 is 2.04 bits per heavy atom. The minimum Gasteiger partial charge on any atom is -0.397 e. The molecule has 8 heteroatoms. The zero-order chi connectivity index (χ0) is 18.1. The van der Waals surface area contributed by atoms with Gasteiger partial charge in [-0.3, -0.25) is 9.59 Å². The molecular formula is C17H20N6O2. The highest BCUT2D eigenvalue weighted by atomic mass is 16.2. The topological polar surface area (TPSA) is 99.0 Å². The number of nitrogens with zero attached hydrogens (tertiary/aromatic N) is 3. The molecule has 0 aliphatic rings. The third kappa shape index (κ3) is 3.42. The van der Waals surface area contributed by atoms with Crippen molar-refractivity contribution in [1.29, 1.82) is 0 Å². The number of hydrogen-bond donors (Lipinski definition) is 3. The fourth-order valence-electron chi connectivity index (χ4n) is 2.64. The maximum absolute atomic E-state index is 12.4. The van der Waals surface area contributed by atoms with E-state index < -0.39 is 0 Å². The first-order valence-corrected chi connectivity index (χ1v) is 7.66. The molecular weight excluding hydrogens is 320 g/mol. The number of nitrogens with one attached hydrogen (secondary N) is 2. The van der Waals surface area contributed by atoms with Gasteiger partial charge in [0, 0.05) is 45.9 Å². The van der Waals surface area contributed by atoms with Gasteiger partial charge >= 0.3 is 0 Å². The van der Waals surface area contributed by atoms with Crippen LogP contribution in [0.5, 0.6) is 0 Å². The van der Waals surface area contributed by atoms with Crippen molar-refractivity contribution in [3.05, 3.63) is 54.4 Å². The Morgan fingerprint density at radius 1 is 0.880 bits per heavy atom. The smallest absolute Gasteiger partial charge is 0.272 e. The summed E-state index contributed by atoms with van der Waals surface area (Å²) < 4.78 is 5.15. The third-order valence-electron chi connectivity index (χ3n) is 3.84. The fraction of sp³-hybridized carbons (Fsp3) is 0.176. The van der Waals surface area contributed by atoms with Crippen LogP contribution in [0.25, 0.3) is 0 Å². The Kier molecular flexibility index (Phi) is 4.10. The van der Waals surface area contributed by atoms with E-state index in [1.54, 1.807) is 47.8 Å². The van der Waals surface area contributed by atoms with Gasteiger partial charge in [-0.2, -0.15) is 0 Å². The van der Waals surface area contributed by atoms with Crippen molar-refractivity contribution >= 4 is 28.9 Å². The SMILES string of the molecule is Cn1ccc(NC(=O)c2cc(NC(=O)c3cc(N)cn3C)cn2C)c1. The van der Waals surface area contributed by atoms with Crippen LogP contribution in [0.15, 0.2) is 43.0 Å². The molecule has 0 aliphatic heterocycles. The summed E-state index contributed by atoms with van der Waals surface area (Å²) >= 11 is 0. The molecule has 0 fully saturated rings. The van der Waals surface area contributed by atoms with E-state index in [1.807, 2.05) is 30.1 Å². The van der Waals surface area contributed by atoms with Gasteiger partial charge in [-0.15, -0.1) is 0 Å². The van der Waals surface area contributed by atoms with Gasteiger partial charge in [0.1, 0.15) is 11.4 Å². The first-order chi connectivity index (χ1) is 11.8. The van der Waals surface area contributed by atoms with E-state index in [9.17, 15) is 9.59 Å².